The molecule has 13 heavy (non-hydrogen) atoms. The lowest BCUT2D eigenvalue weighted by Gasteiger charge is -2.03. The summed E-state index contributed by atoms with van der Waals surface area (Å²) in [5.74, 6) is 0. The molecule has 0 aliphatic rings. The van der Waals surface area contributed by atoms with Gasteiger partial charge in [-0.3, -0.25) is 4.99 Å². The second-order valence-electron chi connectivity index (χ2n) is 3.01. The maximum absolute atomic E-state index is 5.95. The summed E-state index contributed by atoms with van der Waals surface area (Å²) in [6, 6.07) is 7.74. The summed E-state index contributed by atoms with van der Waals surface area (Å²) in [7, 11) is 3.88. The van der Waals surface area contributed by atoms with Crippen LogP contribution in [0.25, 0.3) is 0 Å². The van der Waals surface area contributed by atoms with Crippen molar-refractivity contribution < 1.29 is 0 Å². The normalized spacial score (nSPS) is 10.7. The minimum Gasteiger partial charge on any atom is -0.369 e. The molecule has 1 aromatic carbocycles. The summed E-state index contributed by atoms with van der Waals surface area (Å²) in [6.07, 6.45) is 1.78. The number of hydrogen-bond acceptors (Lipinski definition) is 1. The van der Waals surface area contributed by atoms with Gasteiger partial charge in [0.15, 0.2) is 0 Å². The number of hydrogen-bond donors (Lipinski definition) is 0. The van der Waals surface area contributed by atoms with E-state index in [1.54, 1.807) is 6.34 Å². The van der Waals surface area contributed by atoms with E-state index in [0.29, 0.717) is 6.54 Å². The molecule has 0 saturated carbocycles. The largest absolute Gasteiger partial charge is 0.369 e. The molecule has 0 heterocycles. The van der Waals surface area contributed by atoms with E-state index in [1.807, 2.05) is 43.3 Å². The first-order valence-electron chi connectivity index (χ1n) is 4.10. The van der Waals surface area contributed by atoms with Crippen LogP contribution in [-0.2, 0) is 6.54 Å². The fourth-order valence-electron chi connectivity index (χ4n) is 0.929. The van der Waals surface area contributed by atoms with E-state index < -0.39 is 0 Å². The topological polar surface area (TPSA) is 15.6 Å². The van der Waals surface area contributed by atoms with Crippen LogP contribution in [0.15, 0.2) is 29.3 Å². The highest BCUT2D eigenvalue weighted by molar-refractivity contribution is 6.31. The maximum Gasteiger partial charge on any atom is 0.0848 e. The third kappa shape index (κ3) is 3.47. The molecule has 70 valence electrons. The molecule has 0 aliphatic carbocycles. The summed E-state index contributed by atoms with van der Waals surface area (Å²) in [6.45, 7) is 0.637. The van der Waals surface area contributed by atoms with Gasteiger partial charge in [-0.15, -0.1) is 0 Å². The Hall–Kier alpha value is -1.02. The van der Waals surface area contributed by atoms with Gasteiger partial charge in [0.1, 0.15) is 0 Å². The molecular weight excluding hydrogens is 184 g/mol. The van der Waals surface area contributed by atoms with Crippen LogP contribution in [-0.4, -0.2) is 25.3 Å². The Morgan fingerprint density at radius 1 is 1.38 bits per heavy atom. The van der Waals surface area contributed by atoms with E-state index in [0.717, 1.165) is 10.6 Å². The Labute approximate surface area is 83.8 Å². The van der Waals surface area contributed by atoms with Crippen molar-refractivity contribution in [1.29, 1.82) is 0 Å². The highest BCUT2D eigenvalue weighted by Crippen LogP contribution is 2.15. The van der Waals surface area contributed by atoms with Crippen LogP contribution < -0.4 is 0 Å². The minimum absolute atomic E-state index is 0.637. The first kappa shape index (κ1) is 10.1. The molecule has 0 amide bonds. The fourth-order valence-corrected chi connectivity index (χ4v) is 1.12. The summed E-state index contributed by atoms with van der Waals surface area (Å²) in [5, 5.41) is 0.776. The lowest BCUT2D eigenvalue weighted by atomic mass is 10.2. The summed E-state index contributed by atoms with van der Waals surface area (Å²) >= 11 is 5.95. The molecule has 0 radical (unpaired) electrons. The summed E-state index contributed by atoms with van der Waals surface area (Å²) in [4.78, 5) is 6.12. The maximum atomic E-state index is 5.95. The zero-order valence-electron chi connectivity index (χ0n) is 7.87. The smallest absolute Gasteiger partial charge is 0.0848 e. The van der Waals surface area contributed by atoms with Gasteiger partial charge >= 0.3 is 0 Å². The fraction of sp³-hybridized carbons (Fsp3) is 0.300. The number of benzene rings is 1. The number of aliphatic imine (C=N–C) groups is 1. The Kier molecular flexibility index (Phi) is 3.77. The highest BCUT2D eigenvalue weighted by Gasteiger charge is 1.95. The molecule has 0 saturated heterocycles. The quantitative estimate of drug-likeness (QED) is 0.536. The average Bonchev–Trinajstić information content (AvgIpc) is 2.08. The van der Waals surface area contributed by atoms with Gasteiger partial charge in [0.05, 0.1) is 12.9 Å². The molecule has 0 atom stereocenters. The van der Waals surface area contributed by atoms with E-state index >= 15 is 0 Å². The van der Waals surface area contributed by atoms with Crippen molar-refractivity contribution in [2.24, 2.45) is 4.99 Å². The van der Waals surface area contributed by atoms with Gasteiger partial charge in [-0.25, -0.2) is 0 Å². The third-order valence-corrected chi connectivity index (χ3v) is 1.90. The molecule has 0 unspecified atom stereocenters. The van der Waals surface area contributed by atoms with Gasteiger partial charge in [0.25, 0.3) is 0 Å². The van der Waals surface area contributed by atoms with Crippen LogP contribution in [0.5, 0.6) is 0 Å². The first-order valence-corrected chi connectivity index (χ1v) is 4.47. The van der Waals surface area contributed by atoms with Gasteiger partial charge in [0.2, 0.25) is 0 Å². The van der Waals surface area contributed by atoms with Gasteiger partial charge in [-0.2, -0.15) is 0 Å². The van der Waals surface area contributed by atoms with E-state index in [9.17, 15) is 0 Å². The monoisotopic (exact) mass is 196 g/mol. The molecule has 0 aromatic heterocycles. The minimum atomic E-state index is 0.637. The Morgan fingerprint density at radius 3 is 2.69 bits per heavy atom. The second-order valence-corrected chi connectivity index (χ2v) is 3.42. The van der Waals surface area contributed by atoms with Crippen LogP contribution in [0, 0.1) is 0 Å². The molecule has 0 spiro atoms. The molecule has 2 nitrogen and oxygen atoms in total. The SMILES string of the molecule is CN(C)C=NCc1ccccc1Cl. The van der Waals surface area contributed by atoms with Crippen molar-refractivity contribution in [2.75, 3.05) is 14.1 Å². The third-order valence-electron chi connectivity index (χ3n) is 1.53. The van der Waals surface area contributed by atoms with E-state index in [4.69, 9.17) is 11.6 Å². The average molecular weight is 197 g/mol. The zero-order chi connectivity index (χ0) is 9.68. The van der Waals surface area contributed by atoms with Crippen LogP contribution >= 0.6 is 11.6 Å². The van der Waals surface area contributed by atoms with Crippen LogP contribution in [0.3, 0.4) is 0 Å². The Bertz CT molecular complexity index is 295. The number of nitrogens with zero attached hydrogens (tertiary/aromatic N) is 2. The number of halogens is 1. The van der Waals surface area contributed by atoms with E-state index in [2.05, 4.69) is 4.99 Å². The molecule has 0 N–H and O–H groups in total. The van der Waals surface area contributed by atoms with Crippen molar-refractivity contribution in [2.45, 2.75) is 6.54 Å². The molecule has 1 rings (SSSR count). The Balaban J connectivity index is 2.59. The molecule has 0 bridgehead atoms. The highest BCUT2D eigenvalue weighted by atomic mass is 35.5. The Morgan fingerprint density at radius 2 is 2.08 bits per heavy atom. The lowest BCUT2D eigenvalue weighted by Crippen LogP contribution is -2.07. The van der Waals surface area contributed by atoms with E-state index in [-0.39, 0.29) is 0 Å². The summed E-state index contributed by atoms with van der Waals surface area (Å²) < 4.78 is 0. The predicted molar refractivity (Wildman–Crippen MR) is 57.3 cm³/mol. The van der Waals surface area contributed by atoms with Gasteiger partial charge in [-0.05, 0) is 11.6 Å². The molecule has 0 aliphatic heterocycles. The standard InChI is InChI=1S/C10H13ClN2/c1-13(2)8-12-7-9-5-3-4-6-10(9)11/h3-6,8H,7H2,1-2H3. The number of rotatable bonds is 3. The molecule has 0 fully saturated rings. The summed E-state index contributed by atoms with van der Waals surface area (Å²) in [5.41, 5.74) is 1.06. The second kappa shape index (κ2) is 4.87. The van der Waals surface area contributed by atoms with Crippen molar-refractivity contribution in [3.63, 3.8) is 0 Å². The van der Waals surface area contributed by atoms with Crippen molar-refractivity contribution in [1.82, 2.24) is 4.90 Å². The van der Waals surface area contributed by atoms with Gasteiger partial charge in [0, 0.05) is 19.1 Å². The van der Waals surface area contributed by atoms with Crippen LogP contribution in [0.1, 0.15) is 5.56 Å². The lowest BCUT2D eigenvalue weighted by molar-refractivity contribution is 0.638. The van der Waals surface area contributed by atoms with Gasteiger partial charge < -0.3 is 4.90 Å². The first-order chi connectivity index (χ1) is 6.20. The van der Waals surface area contributed by atoms with Crippen molar-refractivity contribution >= 4 is 17.9 Å². The predicted octanol–water partition coefficient (Wildman–Crippen LogP) is 2.43. The molecular formula is C10H13ClN2. The van der Waals surface area contributed by atoms with Gasteiger partial charge in [-0.1, -0.05) is 29.8 Å². The van der Waals surface area contributed by atoms with Crippen LogP contribution in [0.2, 0.25) is 5.02 Å². The zero-order valence-corrected chi connectivity index (χ0v) is 8.62. The van der Waals surface area contributed by atoms with Crippen molar-refractivity contribution in [3.8, 4) is 0 Å². The molecule has 1 aromatic rings. The van der Waals surface area contributed by atoms with Crippen molar-refractivity contribution in [3.05, 3.63) is 34.9 Å². The van der Waals surface area contributed by atoms with Crippen LogP contribution in [0.4, 0.5) is 0 Å². The molecule has 3 heteroatoms. The van der Waals surface area contributed by atoms with E-state index in [1.165, 1.54) is 0 Å².